The lowest BCUT2D eigenvalue weighted by Gasteiger charge is -2.14. The van der Waals surface area contributed by atoms with Crippen LogP contribution in [-0.2, 0) is 0 Å². The molecule has 0 radical (unpaired) electrons. The molecule has 1 atom stereocenters. The number of benzene rings is 2. The predicted octanol–water partition coefficient (Wildman–Crippen LogP) is 5.50. The van der Waals surface area contributed by atoms with E-state index in [-0.39, 0.29) is 0 Å². The maximum atomic E-state index is 3.68. The Labute approximate surface area is 135 Å². The van der Waals surface area contributed by atoms with Gasteiger partial charge in [-0.15, -0.1) is 0 Å². The number of nitrogens with one attached hydrogen (secondary N) is 2. The number of H-pyrrole nitrogens is 2. The van der Waals surface area contributed by atoms with Crippen molar-refractivity contribution in [3.05, 3.63) is 71.5 Å². The molecule has 1 aliphatic rings. The number of hydrogen-bond acceptors (Lipinski definition) is 0. The molecule has 0 bridgehead atoms. The van der Waals surface area contributed by atoms with Crippen LogP contribution in [0.1, 0.15) is 35.6 Å². The van der Waals surface area contributed by atoms with Crippen molar-refractivity contribution < 1.29 is 0 Å². The third-order valence-electron chi connectivity index (χ3n) is 5.18. The van der Waals surface area contributed by atoms with E-state index in [4.69, 9.17) is 0 Å². The summed E-state index contributed by atoms with van der Waals surface area (Å²) >= 11 is 0. The Morgan fingerprint density at radius 3 is 2.74 bits per heavy atom. The van der Waals surface area contributed by atoms with Crippen LogP contribution >= 0.6 is 0 Å². The maximum absolute atomic E-state index is 3.68. The molecule has 2 aromatic heterocycles. The Bertz CT molecular complexity index is 1000. The molecule has 1 aliphatic carbocycles. The maximum Gasteiger partial charge on any atom is 0.0457 e. The fourth-order valence-corrected chi connectivity index (χ4v) is 3.90. The molecule has 1 fully saturated rings. The van der Waals surface area contributed by atoms with Gasteiger partial charge >= 0.3 is 0 Å². The molecule has 0 spiro atoms. The van der Waals surface area contributed by atoms with Crippen LogP contribution in [0.25, 0.3) is 21.8 Å². The van der Waals surface area contributed by atoms with E-state index in [1.807, 2.05) is 0 Å². The van der Waals surface area contributed by atoms with Crippen LogP contribution in [0.5, 0.6) is 0 Å². The minimum atomic E-state index is 0.471. The van der Waals surface area contributed by atoms with Gasteiger partial charge in [-0.2, -0.15) is 0 Å². The molecule has 4 aromatic rings. The minimum absolute atomic E-state index is 0.471. The van der Waals surface area contributed by atoms with Crippen LogP contribution in [0.3, 0.4) is 0 Å². The highest BCUT2D eigenvalue weighted by molar-refractivity contribution is 5.85. The summed E-state index contributed by atoms with van der Waals surface area (Å²) < 4.78 is 0. The Kier molecular flexibility index (Phi) is 2.69. The number of hydrogen-bond donors (Lipinski definition) is 2. The van der Waals surface area contributed by atoms with E-state index >= 15 is 0 Å². The highest BCUT2D eigenvalue weighted by Crippen LogP contribution is 2.48. The van der Waals surface area contributed by atoms with E-state index in [1.54, 1.807) is 0 Å². The average Bonchev–Trinajstić information content (AvgIpc) is 3.16. The van der Waals surface area contributed by atoms with Crippen molar-refractivity contribution in [2.24, 2.45) is 5.92 Å². The standard InChI is InChI=1S/C21H20N2/c1-13-6-9-18-15(10-13)11-20(23-18)21(14-7-8-14)17-12-22-19-5-3-2-4-16(17)19/h2-6,9-12,14,21-23H,7-8H2,1H3. The largest absolute Gasteiger partial charge is 0.361 e. The van der Waals surface area contributed by atoms with E-state index in [1.165, 1.54) is 51.5 Å². The van der Waals surface area contributed by atoms with Crippen LogP contribution in [0, 0.1) is 12.8 Å². The van der Waals surface area contributed by atoms with Gasteiger partial charge in [0.2, 0.25) is 0 Å². The number of aryl methyl sites for hydroxylation is 1. The Balaban J connectivity index is 1.69. The van der Waals surface area contributed by atoms with Gasteiger partial charge in [0.05, 0.1) is 0 Å². The first-order valence-corrected chi connectivity index (χ1v) is 8.45. The van der Waals surface area contributed by atoms with Crippen LogP contribution in [0.2, 0.25) is 0 Å². The summed E-state index contributed by atoms with van der Waals surface area (Å²) in [4.78, 5) is 7.13. The van der Waals surface area contributed by atoms with E-state index in [0.717, 1.165) is 5.92 Å². The van der Waals surface area contributed by atoms with Gasteiger partial charge in [0, 0.05) is 34.2 Å². The average molecular weight is 300 g/mol. The summed E-state index contributed by atoms with van der Waals surface area (Å²) in [5, 5.41) is 2.68. The first-order chi connectivity index (χ1) is 11.3. The number of aromatic nitrogens is 2. The highest BCUT2D eigenvalue weighted by atomic mass is 14.7. The number of fused-ring (bicyclic) bond motifs is 2. The summed E-state index contributed by atoms with van der Waals surface area (Å²) in [7, 11) is 0. The lowest BCUT2D eigenvalue weighted by atomic mass is 9.90. The molecular formula is C21H20N2. The second-order valence-electron chi connectivity index (χ2n) is 6.92. The highest BCUT2D eigenvalue weighted by Gasteiger charge is 2.35. The third-order valence-corrected chi connectivity index (χ3v) is 5.18. The van der Waals surface area contributed by atoms with Crippen molar-refractivity contribution in [2.45, 2.75) is 25.7 Å². The van der Waals surface area contributed by atoms with Crippen molar-refractivity contribution in [3.63, 3.8) is 0 Å². The molecule has 1 unspecified atom stereocenters. The van der Waals surface area contributed by atoms with Crippen LogP contribution < -0.4 is 0 Å². The van der Waals surface area contributed by atoms with Gasteiger partial charge in [-0.3, -0.25) is 0 Å². The molecule has 0 aliphatic heterocycles. The molecule has 5 rings (SSSR count). The van der Waals surface area contributed by atoms with Crippen LogP contribution in [0.15, 0.2) is 54.7 Å². The lowest BCUT2D eigenvalue weighted by molar-refractivity contribution is 0.693. The Morgan fingerprint density at radius 2 is 1.87 bits per heavy atom. The smallest absolute Gasteiger partial charge is 0.0457 e. The van der Waals surface area contributed by atoms with Crippen molar-refractivity contribution in [3.8, 4) is 0 Å². The molecular weight excluding hydrogens is 280 g/mol. The zero-order chi connectivity index (χ0) is 15.4. The third kappa shape index (κ3) is 2.09. The lowest BCUT2D eigenvalue weighted by Crippen LogP contribution is -2.03. The van der Waals surface area contributed by atoms with Crippen LogP contribution in [0.4, 0.5) is 0 Å². The second-order valence-corrected chi connectivity index (χ2v) is 6.92. The van der Waals surface area contributed by atoms with Gasteiger partial charge in [0.25, 0.3) is 0 Å². The summed E-state index contributed by atoms with van der Waals surface area (Å²) in [5.74, 6) is 1.24. The van der Waals surface area contributed by atoms with Crippen molar-refractivity contribution in [1.82, 2.24) is 9.97 Å². The Morgan fingerprint density at radius 1 is 1.00 bits per heavy atom. The molecule has 2 aromatic carbocycles. The quantitative estimate of drug-likeness (QED) is 0.501. The van der Waals surface area contributed by atoms with Crippen molar-refractivity contribution in [1.29, 1.82) is 0 Å². The van der Waals surface area contributed by atoms with Gasteiger partial charge in [-0.25, -0.2) is 0 Å². The summed E-state index contributed by atoms with van der Waals surface area (Å²) in [5.41, 5.74) is 6.60. The fourth-order valence-electron chi connectivity index (χ4n) is 3.90. The first kappa shape index (κ1) is 13.0. The van der Waals surface area contributed by atoms with E-state index in [9.17, 15) is 0 Å². The first-order valence-electron chi connectivity index (χ1n) is 8.45. The van der Waals surface area contributed by atoms with Crippen molar-refractivity contribution in [2.75, 3.05) is 0 Å². The number of para-hydroxylation sites is 1. The normalized spacial score (nSPS) is 16.2. The summed E-state index contributed by atoms with van der Waals surface area (Å²) in [6, 6.07) is 17.6. The summed E-state index contributed by atoms with van der Waals surface area (Å²) in [6.07, 6.45) is 4.88. The van der Waals surface area contributed by atoms with Gasteiger partial charge in [-0.05, 0) is 60.9 Å². The predicted molar refractivity (Wildman–Crippen MR) is 95.9 cm³/mol. The van der Waals surface area contributed by atoms with Crippen molar-refractivity contribution >= 4 is 21.8 Å². The number of aromatic amines is 2. The van der Waals surface area contributed by atoms with Gasteiger partial charge < -0.3 is 9.97 Å². The molecule has 2 heterocycles. The van der Waals surface area contributed by atoms with Gasteiger partial charge in [-0.1, -0.05) is 29.8 Å². The van der Waals surface area contributed by atoms with Gasteiger partial charge in [0.15, 0.2) is 0 Å². The molecule has 114 valence electrons. The zero-order valence-corrected chi connectivity index (χ0v) is 13.3. The SMILES string of the molecule is Cc1ccc2[nH]c(C(c3c[nH]c4ccccc34)C3CC3)cc2c1. The molecule has 2 heteroatoms. The Hall–Kier alpha value is -2.48. The monoisotopic (exact) mass is 300 g/mol. The molecule has 23 heavy (non-hydrogen) atoms. The topological polar surface area (TPSA) is 31.6 Å². The summed E-state index contributed by atoms with van der Waals surface area (Å²) in [6.45, 7) is 2.16. The number of rotatable bonds is 3. The molecule has 2 N–H and O–H groups in total. The zero-order valence-electron chi connectivity index (χ0n) is 13.3. The van der Waals surface area contributed by atoms with E-state index in [2.05, 4.69) is 71.6 Å². The molecule has 0 amide bonds. The van der Waals surface area contributed by atoms with Crippen LogP contribution in [-0.4, -0.2) is 9.97 Å². The molecule has 2 nitrogen and oxygen atoms in total. The minimum Gasteiger partial charge on any atom is -0.361 e. The molecule has 1 saturated carbocycles. The van der Waals surface area contributed by atoms with E-state index in [0.29, 0.717) is 5.92 Å². The van der Waals surface area contributed by atoms with E-state index < -0.39 is 0 Å². The fraction of sp³-hybridized carbons (Fsp3) is 0.238. The van der Waals surface area contributed by atoms with Gasteiger partial charge in [0.1, 0.15) is 0 Å². The molecule has 0 saturated heterocycles. The second kappa shape index (κ2) is 4.76.